The van der Waals surface area contributed by atoms with Crippen LogP contribution >= 0.6 is 0 Å². The summed E-state index contributed by atoms with van der Waals surface area (Å²) in [5.74, 6) is 2.80. The summed E-state index contributed by atoms with van der Waals surface area (Å²) in [4.78, 5) is 11.5. The number of anilines is 2. The van der Waals surface area contributed by atoms with Gasteiger partial charge in [-0.3, -0.25) is 0 Å². The van der Waals surface area contributed by atoms with Crippen molar-refractivity contribution in [2.75, 3.05) is 37.3 Å². The highest BCUT2D eigenvalue weighted by Gasteiger charge is 2.09. The van der Waals surface area contributed by atoms with E-state index >= 15 is 0 Å². The number of rotatable bonds is 9. The number of hydrogen-bond acceptors (Lipinski definition) is 5. The maximum atomic E-state index is 4.61. The van der Waals surface area contributed by atoms with Gasteiger partial charge in [0.15, 0.2) is 0 Å². The molecular weight excluding hydrogens is 262 g/mol. The quantitative estimate of drug-likeness (QED) is 0.686. The van der Waals surface area contributed by atoms with Crippen molar-refractivity contribution in [1.82, 2.24) is 14.9 Å². The van der Waals surface area contributed by atoms with Gasteiger partial charge in [0.25, 0.3) is 0 Å². The van der Waals surface area contributed by atoms with Gasteiger partial charge in [0.2, 0.25) is 0 Å². The molecule has 120 valence electrons. The third-order valence-electron chi connectivity index (χ3n) is 3.71. The Labute approximate surface area is 129 Å². The van der Waals surface area contributed by atoms with Crippen LogP contribution < -0.4 is 10.6 Å². The van der Waals surface area contributed by atoms with Gasteiger partial charge in [0.05, 0.1) is 0 Å². The molecule has 5 nitrogen and oxygen atoms in total. The highest BCUT2D eigenvalue weighted by atomic mass is 15.1. The summed E-state index contributed by atoms with van der Waals surface area (Å²) in [6.45, 7) is 13.6. The van der Waals surface area contributed by atoms with Gasteiger partial charge in [-0.25, -0.2) is 9.97 Å². The van der Waals surface area contributed by atoms with Gasteiger partial charge in [-0.15, -0.1) is 0 Å². The van der Waals surface area contributed by atoms with Gasteiger partial charge >= 0.3 is 0 Å². The van der Waals surface area contributed by atoms with E-state index in [9.17, 15) is 0 Å². The summed E-state index contributed by atoms with van der Waals surface area (Å²) in [7, 11) is 2.17. The Hall–Kier alpha value is -1.36. The van der Waals surface area contributed by atoms with Gasteiger partial charge in [0.1, 0.15) is 17.5 Å². The van der Waals surface area contributed by atoms with Crippen LogP contribution in [-0.4, -0.2) is 47.6 Å². The molecular formula is C16H31N5. The summed E-state index contributed by atoms with van der Waals surface area (Å²) in [5.41, 5.74) is 1.10. The van der Waals surface area contributed by atoms with E-state index < -0.39 is 0 Å². The molecule has 1 rings (SSSR count). The molecule has 0 fully saturated rings. The first-order chi connectivity index (χ1) is 9.99. The number of nitrogens with zero attached hydrogens (tertiary/aromatic N) is 3. The molecule has 0 unspecified atom stereocenters. The lowest BCUT2D eigenvalue weighted by molar-refractivity contribution is 0.273. The first kappa shape index (κ1) is 17.7. The summed E-state index contributed by atoms with van der Waals surface area (Å²) in [6, 6.07) is 0.595. The van der Waals surface area contributed by atoms with E-state index in [-0.39, 0.29) is 0 Å². The van der Waals surface area contributed by atoms with Crippen LogP contribution in [0.15, 0.2) is 0 Å². The minimum absolute atomic E-state index is 0.595. The van der Waals surface area contributed by atoms with E-state index in [1.54, 1.807) is 0 Å². The Kier molecular flexibility index (Phi) is 7.43. The zero-order chi connectivity index (χ0) is 15.8. The number of aromatic nitrogens is 2. The van der Waals surface area contributed by atoms with Crippen LogP contribution in [0.4, 0.5) is 11.6 Å². The Balaban J connectivity index is 2.63. The van der Waals surface area contributed by atoms with Gasteiger partial charge in [0, 0.05) is 31.1 Å². The molecule has 0 atom stereocenters. The summed E-state index contributed by atoms with van der Waals surface area (Å²) in [5, 5.41) is 6.78. The molecule has 1 aromatic rings. The molecule has 0 aliphatic heterocycles. The van der Waals surface area contributed by atoms with Crippen LogP contribution in [-0.2, 0) is 6.42 Å². The molecule has 21 heavy (non-hydrogen) atoms. The van der Waals surface area contributed by atoms with Crippen LogP contribution in [0.2, 0.25) is 0 Å². The highest BCUT2D eigenvalue weighted by Crippen LogP contribution is 2.20. The normalized spacial score (nSPS) is 11.2. The van der Waals surface area contributed by atoms with Crippen molar-refractivity contribution < 1.29 is 0 Å². The standard InChI is InChI=1S/C16H31N5/c1-7-14-19-15(17-8-2)13(5)16(20-14)18-10-9-11-21(6)12(3)4/h12H,7-11H2,1-6H3,(H2,17,18,19,20). The Morgan fingerprint density at radius 2 is 1.71 bits per heavy atom. The third kappa shape index (κ3) is 5.50. The molecule has 0 saturated heterocycles. The van der Waals surface area contributed by atoms with Gasteiger partial charge in [-0.1, -0.05) is 6.92 Å². The minimum atomic E-state index is 0.595. The number of aryl methyl sites for hydroxylation is 1. The largest absolute Gasteiger partial charge is 0.370 e. The van der Waals surface area contributed by atoms with Gasteiger partial charge in [-0.2, -0.15) is 0 Å². The zero-order valence-electron chi connectivity index (χ0n) is 14.5. The van der Waals surface area contributed by atoms with E-state index in [1.807, 2.05) is 0 Å². The highest BCUT2D eigenvalue weighted by molar-refractivity contribution is 5.57. The summed E-state index contributed by atoms with van der Waals surface area (Å²) >= 11 is 0. The van der Waals surface area contributed by atoms with Crippen molar-refractivity contribution in [2.24, 2.45) is 0 Å². The molecule has 0 saturated carbocycles. The van der Waals surface area contributed by atoms with E-state index in [0.29, 0.717) is 6.04 Å². The molecule has 0 radical (unpaired) electrons. The molecule has 0 bridgehead atoms. The fraction of sp³-hybridized carbons (Fsp3) is 0.750. The van der Waals surface area contributed by atoms with Crippen LogP contribution in [0.1, 0.15) is 45.5 Å². The third-order valence-corrected chi connectivity index (χ3v) is 3.71. The maximum Gasteiger partial charge on any atom is 0.134 e. The lowest BCUT2D eigenvalue weighted by atomic mass is 10.2. The van der Waals surface area contributed by atoms with Gasteiger partial charge in [-0.05, 0) is 47.7 Å². The zero-order valence-corrected chi connectivity index (χ0v) is 14.5. The topological polar surface area (TPSA) is 53.1 Å². The maximum absolute atomic E-state index is 4.61. The first-order valence-electron chi connectivity index (χ1n) is 8.05. The van der Waals surface area contributed by atoms with Crippen molar-refractivity contribution in [3.05, 3.63) is 11.4 Å². The van der Waals surface area contributed by atoms with E-state index in [2.05, 4.69) is 67.2 Å². The van der Waals surface area contributed by atoms with Crippen molar-refractivity contribution in [2.45, 2.75) is 53.5 Å². The second kappa shape index (κ2) is 8.82. The molecule has 0 aliphatic rings. The summed E-state index contributed by atoms with van der Waals surface area (Å²) in [6.07, 6.45) is 1.96. The van der Waals surface area contributed by atoms with Crippen LogP contribution in [0.5, 0.6) is 0 Å². The van der Waals surface area contributed by atoms with Crippen molar-refractivity contribution in [3.63, 3.8) is 0 Å². The Morgan fingerprint density at radius 1 is 1.10 bits per heavy atom. The van der Waals surface area contributed by atoms with Crippen molar-refractivity contribution in [3.8, 4) is 0 Å². The van der Waals surface area contributed by atoms with Crippen LogP contribution in [0, 0.1) is 6.92 Å². The average Bonchev–Trinajstić information content (AvgIpc) is 2.46. The molecule has 2 N–H and O–H groups in total. The molecule has 5 heteroatoms. The van der Waals surface area contributed by atoms with Crippen molar-refractivity contribution >= 4 is 11.6 Å². The number of hydrogen-bond donors (Lipinski definition) is 2. The van der Waals surface area contributed by atoms with E-state index in [4.69, 9.17) is 0 Å². The van der Waals surface area contributed by atoms with Crippen LogP contribution in [0.3, 0.4) is 0 Å². The SMILES string of the molecule is CCNc1nc(CC)nc(NCCCN(C)C(C)C)c1C. The summed E-state index contributed by atoms with van der Waals surface area (Å²) < 4.78 is 0. The smallest absolute Gasteiger partial charge is 0.134 e. The monoisotopic (exact) mass is 293 g/mol. The second-order valence-electron chi connectivity index (χ2n) is 5.70. The molecule has 1 aromatic heterocycles. The second-order valence-corrected chi connectivity index (χ2v) is 5.70. The van der Waals surface area contributed by atoms with Gasteiger partial charge < -0.3 is 15.5 Å². The predicted molar refractivity (Wildman–Crippen MR) is 91.2 cm³/mol. The van der Waals surface area contributed by atoms with Crippen molar-refractivity contribution in [1.29, 1.82) is 0 Å². The Bertz CT molecular complexity index is 431. The predicted octanol–water partition coefficient (Wildman–Crippen LogP) is 2.92. The molecule has 0 aromatic carbocycles. The lowest BCUT2D eigenvalue weighted by Gasteiger charge is -2.21. The minimum Gasteiger partial charge on any atom is -0.370 e. The molecule has 1 heterocycles. The Morgan fingerprint density at radius 3 is 2.24 bits per heavy atom. The lowest BCUT2D eigenvalue weighted by Crippen LogP contribution is -2.28. The number of nitrogens with one attached hydrogen (secondary N) is 2. The first-order valence-corrected chi connectivity index (χ1v) is 8.05. The fourth-order valence-electron chi connectivity index (χ4n) is 2.03. The van der Waals surface area contributed by atoms with E-state index in [0.717, 1.165) is 55.5 Å². The molecule has 0 amide bonds. The van der Waals surface area contributed by atoms with Crippen LogP contribution in [0.25, 0.3) is 0 Å². The van der Waals surface area contributed by atoms with E-state index in [1.165, 1.54) is 0 Å². The molecule has 0 spiro atoms. The fourth-order valence-corrected chi connectivity index (χ4v) is 2.03. The molecule has 0 aliphatic carbocycles. The average molecular weight is 293 g/mol.